The first-order chi connectivity index (χ1) is 10.7. The van der Waals surface area contributed by atoms with E-state index in [-0.39, 0.29) is 5.91 Å². The van der Waals surface area contributed by atoms with Crippen molar-refractivity contribution >= 4 is 24.5 Å². The van der Waals surface area contributed by atoms with E-state index in [0.29, 0.717) is 12.2 Å². The van der Waals surface area contributed by atoms with Gasteiger partial charge in [0.2, 0.25) is 0 Å². The van der Waals surface area contributed by atoms with E-state index in [0.717, 1.165) is 29.8 Å². The lowest BCUT2D eigenvalue weighted by Gasteiger charge is -2.06. The molecule has 0 heterocycles. The van der Waals surface area contributed by atoms with Crippen molar-refractivity contribution in [1.29, 1.82) is 0 Å². The average Bonchev–Trinajstić information content (AvgIpc) is 2.57. The summed E-state index contributed by atoms with van der Waals surface area (Å²) in [6, 6.07) is 7.27. The first kappa shape index (κ1) is 17.6. The van der Waals surface area contributed by atoms with Crippen LogP contribution in [-0.2, 0) is 0 Å². The van der Waals surface area contributed by atoms with E-state index in [4.69, 9.17) is 0 Å². The van der Waals surface area contributed by atoms with E-state index in [9.17, 15) is 4.79 Å². The Hall–Kier alpha value is -2.43. The number of hydrogen-bond acceptors (Lipinski definition) is 4. The number of aliphatic imine (C=N–C) groups is 2. The Labute approximate surface area is 132 Å². The van der Waals surface area contributed by atoms with Crippen LogP contribution in [0.2, 0.25) is 0 Å². The highest BCUT2D eigenvalue weighted by molar-refractivity contribution is 5.94. The van der Waals surface area contributed by atoms with Gasteiger partial charge in [-0.1, -0.05) is 13.8 Å². The summed E-state index contributed by atoms with van der Waals surface area (Å²) in [6.45, 7) is 8.19. The molecule has 5 nitrogen and oxygen atoms in total. The molecule has 0 saturated carbocycles. The number of anilines is 1. The summed E-state index contributed by atoms with van der Waals surface area (Å²) < 4.78 is 0. The second-order valence-electron chi connectivity index (χ2n) is 4.64. The summed E-state index contributed by atoms with van der Waals surface area (Å²) in [5, 5.41) is 5.78. The molecule has 2 N–H and O–H groups in total. The Balaban J connectivity index is 2.60. The lowest BCUT2D eigenvalue weighted by molar-refractivity contribution is 0.0963. The molecule has 5 heteroatoms. The minimum Gasteiger partial charge on any atom is -0.366 e. The molecule has 22 heavy (non-hydrogen) atoms. The quantitative estimate of drug-likeness (QED) is 0.724. The summed E-state index contributed by atoms with van der Waals surface area (Å²) in [7, 11) is 1.62. The van der Waals surface area contributed by atoms with Crippen molar-refractivity contribution in [3.63, 3.8) is 0 Å². The van der Waals surface area contributed by atoms with E-state index >= 15 is 0 Å². The third kappa shape index (κ3) is 5.16. The third-order valence-electron chi connectivity index (χ3n) is 3.27. The monoisotopic (exact) mass is 300 g/mol. The molecule has 0 saturated heterocycles. The van der Waals surface area contributed by atoms with Crippen LogP contribution < -0.4 is 10.6 Å². The Morgan fingerprint density at radius 2 is 1.91 bits per heavy atom. The minimum absolute atomic E-state index is 0.0914. The maximum atomic E-state index is 11.4. The molecule has 1 amide bonds. The van der Waals surface area contributed by atoms with Crippen LogP contribution in [0.5, 0.6) is 0 Å². The molecule has 1 aromatic carbocycles. The van der Waals surface area contributed by atoms with E-state index < -0.39 is 0 Å². The molecule has 0 radical (unpaired) electrons. The largest absolute Gasteiger partial charge is 0.366 e. The fourth-order valence-corrected chi connectivity index (χ4v) is 1.99. The molecule has 1 rings (SSSR count). The lowest BCUT2D eigenvalue weighted by atomic mass is 10.1. The number of hydrogen-bond donors (Lipinski definition) is 2. The van der Waals surface area contributed by atoms with Crippen LogP contribution in [0.4, 0.5) is 5.69 Å². The number of amides is 1. The summed E-state index contributed by atoms with van der Waals surface area (Å²) in [5.41, 5.74) is 3.65. The normalized spacial score (nSPS) is 12.0. The van der Waals surface area contributed by atoms with Crippen LogP contribution in [0.1, 0.15) is 37.0 Å². The van der Waals surface area contributed by atoms with Crippen molar-refractivity contribution in [2.75, 3.05) is 19.0 Å². The van der Waals surface area contributed by atoms with Crippen molar-refractivity contribution < 1.29 is 4.79 Å². The molecule has 0 aliphatic rings. The third-order valence-corrected chi connectivity index (χ3v) is 3.27. The summed E-state index contributed by atoms with van der Waals surface area (Å²) in [4.78, 5) is 19.8. The van der Waals surface area contributed by atoms with Crippen LogP contribution in [0.15, 0.2) is 45.5 Å². The smallest absolute Gasteiger partial charge is 0.251 e. The van der Waals surface area contributed by atoms with Gasteiger partial charge in [0.1, 0.15) is 6.67 Å². The van der Waals surface area contributed by atoms with Crippen molar-refractivity contribution in [3.05, 3.63) is 41.1 Å². The van der Waals surface area contributed by atoms with Gasteiger partial charge >= 0.3 is 0 Å². The summed E-state index contributed by atoms with van der Waals surface area (Å²) >= 11 is 0. The zero-order valence-corrected chi connectivity index (χ0v) is 13.5. The van der Waals surface area contributed by atoms with Crippen molar-refractivity contribution in [2.45, 2.75) is 26.7 Å². The highest BCUT2D eigenvalue weighted by Crippen LogP contribution is 2.12. The highest BCUT2D eigenvalue weighted by Gasteiger charge is 2.01. The topological polar surface area (TPSA) is 65.8 Å². The van der Waals surface area contributed by atoms with Crippen molar-refractivity contribution in [2.24, 2.45) is 9.98 Å². The Bertz CT molecular complexity index is 559. The molecule has 0 atom stereocenters. The molecular weight excluding hydrogens is 276 g/mol. The molecular formula is C17H24N4O. The van der Waals surface area contributed by atoms with Crippen molar-refractivity contribution in [3.8, 4) is 0 Å². The van der Waals surface area contributed by atoms with E-state index in [1.54, 1.807) is 19.2 Å². The first-order valence-electron chi connectivity index (χ1n) is 7.40. The molecule has 0 aliphatic carbocycles. The van der Waals surface area contributed by atoms with Gasteiger partial charge in [0.25, 0.3) is 5.91 Å². The van der Waals surface area contributed by atoms with Gasteiger partial charge in [-0.15, -0.1) is 0 Å². The molecule has 0 aromatic heterocycles. The predicted molar refractivity (Wildman–Crippen MR) is 94.0 cm³/mol. The fourth-order valence-electron chi connectivity index (χ4n) is 1.99. The summed E-state index contributed by atoms with van der Waals surface area (Å²) in [6.07, 6.45) is 3.58. The number of carbonyl (C=O) groups excluding carboxylic acids is 1. The first-order valence-corrected chi connectivity index (χ1v) is 7.40. The summed E-state index contributed by atoms with van der Waals surface area (Å²) in [5.74, 6) is -0.0914. The molecule has 118 valence electrons. The van der Waals surface area contributed by atoms with Gasteiger partial charge in [0.15, 0.2) is 0 Å². The van der Waals surface area contributed by atoms with Gasteiger partial charge in [-0.3, -0.25) is 14.8 Å². The highest BCUT2D eigenvalue weighted by atomic mass is 16.1. The molecule has 0 unspecified atom stereocenters. The average molecular weight is 300 g/mol. The van der Waals surface area contributed by atoms with Gasteiger partial charge in [0.05, 0.1) is 0 Å². The number of benzene rings is 1. The fraction of sp³-hybridized carbons (Fsp3) is 0.353. The zero-order valence-electron chi connectivity index (χ0n) is 13.5. The Kier molecular flexibility index (Phi) is 7.61. The molecule has 0 spiro atoms. The zero-order chi connectivity index (χ0) is 16.4. The van der Waals surface area contributed by atoms with E-state index in [1.165, 1.54) is 0 Å². The molecule has 1 aromatic rings. The number of rotatable bonds is 8. The van der Waals surface area contributed by atoms with Crippen LogP contribution in [0, 0.1) is 0 Å². The van der Waals surface area contributed by atoms with Crippen LogP contribution in [0.25, 0.3) is 0 Å². The number of allylic oxidation sites excluding steroid dienone is 2. The van der Waals surface area contributed by atoms with Crippen LogP contribution in [-0.4, -0.2) is 32.6 Å². The SMILES string of the molecule is C=NC(CC)=C(C=NCNc1ccc(C(=O)NC)cc1)CC. The Morgan fingerprint density at radius 1 is 1.23 bits per heavy atom. The maximum absolute atomic E-state index is 11.4. The molecule has 0 bridgehead atoms. The number of nitrogens with zero attached hydrogens (tertiary/aromatic N) is 2. The van der Waals surface area contributed by atoms with Gasteiger partial charge in [-0.25, -0.2) is 0 Å². The van der Waals surface area contributed by atoms with Gasteiger partial charge in [-0.05, 0) is 49.4 Å². The van der Waals surface area contributed by atoms with E-state index in [2.05, 4.69) is 41.2 Å². The van der Waals surface area contributed by atoms with E-state index in [1.807, 2.05) is 18.3 Å². The molecule has 0 aliphatic heterocycles. The number of nitrogens with one attached hydrogen (secondary N) is 2. The van der Waals surface area contributed by atoms with Gasteiger partial charge in [0, 0.05) is 30.2 Å². The van der Waals surface area contributed by atoms with Crippen LogP contribution in [0.3, 0.4) is 0 Å². The molecule has 0 fully saturated rings. The minimum atomic E-state index is -0.0914. The second kappa shape index (κ2) is 9.50. The maximum Gasteiger partial charge on any atom is 0.251 e. The predicted octanol–water partition coefficient (Wildman–Crippen LogP) is 3.26. The van der Waals surface area contributed by atoms with Gasteiger partial charge in [-0.2, -0.15) is 0 Å². The lowest BCUT2D eigenvalue weighted by Crippen LogP contribution is -2.17. The van der Waals surface area contributed by atoms with Gasteiger partial charge < -0.3 is 10.6 Å². The standard InChI is InChI=1S/C17H24N4O/c1-5-13(16(6-2)18-3)11-20-12-21-15-9-7-14(8-10-15)17(22)19-4/h7-11,21H,3,5-6,12H2,1-2,4H3,(H,19,22). The number of carbonyl (C=O) groups is 1. The van der Waals surface area contributed by atoms with Crippen LogP contribution >= 0.6 is 0 Å². The second-order valence-corrected chi connectivity index (χ2v) is 4.64. The van der Waals surface area contributed by atoms with Crippen molar-refractivity contribution in [1.82, 2.24) is 5.32 Å². The Morgan fingerprint density at radius 3 is 2.41 bits per heavy atom.